The molecule has 0 aromatic heterocycles. The van der Waals surface area contributed by atoms with E-state index < -0.39 is 0 Å². The van der Waals surface area contributed by atoms with E-state index in [2.05, 4.69) is 5.32 Å². The van der Waals surface area contributed by atoms with Crippen molar-refractivity contribution >= 4 is 17.7 Å². The fourth-order valence-corrected chi connectivity index (χ4v) is 2.34. The third-order valence-electron chi connectivity index (χ3n) is 2.77. The Kier molecular flexibility index (Phi) is 8.14. The van der Waals surface area contributed by atoms with Gasteiger partial charge in [-0.05, 0) is 43.5 Å². The van der Waals surface area contributed by atoms with Gasteiger partial charge in [0.25, 0.3) is 0 Å². The third kappa shape index (κ3) is 6.82. The minimum absolute atomic E-state index is 0.0219. The number of hydrogen-bond donors (Lipinski definition) is 2. The molecule has 0 heterocycles. The highest BCUT2D eigenvalue weighted by Crippen LogP contribution is 2.21. The van der Waals surface area contributed by atoms with Gasteiger partial charge < -0.3 is 15.2 Å². The maximum absolute atomic E-state index is 11.7. The van der Waals surface area contributed by atoms with Crippen LogP contribution in [0.3, 0.4) is 0 Å². The van der Waals surface area contributed by atoms with Crippen molar-refractivity contribution in [3.63, 3.8) is 0 Å². The Labute approximate surface area is 124 Å². The van der Waals surface area contributed by atoms with Gasteiger partial charge in [0.15, 0.2) is 0 Å². The molecule has 20 heavy (non-hydrogen) atoms. The van der Waals surface area contributed by atoms with E-state index in [0.29, 0.717) is 31.2 Å². The topological polar surface area (TPSA) is 58.6 Å². The largest absolute Gasteiger partial charge is 0.494 e. The highest BCUT2D eigenvalue weighted by atomic mass is 32.2. The molecule has 0 saturated heterocycles. The summed E-state index contributed by atoms with van der Waals surface area (Å²) in [5.74, 6) is 1.58. The van der Waals surface area contributed by atoms with Gasteiger partial charge in [0.2, 0.25) is 5.91 Å². The third-order valence-corrected chi connectivity index (χ3v) is 3.79. The van der Waals surface area contributed by atoms with Crippen molar-refractivity contribution in [2.24, 2.45) is 5.92 Å². The number of amides is 1. The molecule has 1 atom stereocenters. The molecular weight excluding hydrogens is 274 g/mol. The van der Waals surface area contributed by atoms with Crippen LogP contribution in [-0.2, 0) is 4.79 Å². The van der Waals surface area contributed by atoms with Gasteiger partial charge in [-0.2, -0.15) is 0 Å². The second-order valence-electron chi connectivity index (χ2n) is 4.61. The van der Waals surface area contributed by atoms with Crippen molar-refractivity contribution in [3.8, 4) is 5.75 Å². The second-order valence-corrected chi connectivity index (χ2v) is 5.66. The van der Waals surface area contributed by atoms with Crippen LogP contribution in [-0.4, -0.2) is 36.5 Å². The summed E-state index contributed by atoms with van der Waals surface area (Å²) < 4.78 is 5.37. The molecule has 0 bridgehead atoms. The maximum atomic E-state index is 11.7. The first-order chi connectivity index (χ1) is 9.65. The number of benzene rings is 1. The highest BCUT2D eigenvalue weighted by Gasteiger charge is 2.06. The van der Waals surface area contributed by atoms with E-state index in [1.807, 2.05) is 38.1 Å². The van der Waals surface area contributed by atoms with Gasteiger partial charge >= 0.3 is 0 Å². The molecule has 5 heteroatoms. The molecule has 1 amide bonds. The highest BCUT2D eigenvalue weighted by molar-refractivity contribution is 8.00. The molecular formula is C15H23NO3S. The SMILES string of the molecule is CCOc1ccc(SCC(=O)NCC(C)CCO)cc1. The van der Waals surface area contributed by atoms with E-state index in [9.17, 15) is 4.79 Å². The van der Waals surface area contributed by atoms with E-state index in [-0.39, 0.29) is 12.5 Å². The summed E-state index contributed by atoms with van der Waals surface area (Å²) in [4.78, 5) is 12.7. The van der Waals surface area contributed by atoms with Crippen LogP contribution in [0.2, 0.25) is 0 Å². The van der Waals surface area contributed by atoms with E-state index in [0.717, 1.165) is 10.6 Å². The van der Waals surface area contributed by atoms with E-state index >= 15 is 0 Å². The minimum Gasteiger partial charge on any atom is -0.494 e. The van der Waals surface area contributed by atoms with Gasteiger partial charge in [0.05, 0.1) is 12.4 Å². The molecule has 1 rings (SSSR count). The predicted molar refractivity (Wildman–Crippen MR) is 82.2 cm³/mol. The number of thioether (sulfide) groups is 1. The Hall–Kier alpha value is -1.20. The van der Waals surface area contributed by atoms with Crippen molar-refractivity contribution in [1.82, 2.24) is 5.32 Å². The van der Waals surface area contributed by atoms with Crippen molar-refractivity contribution < 1.29 is 14.6 Å². The molecule has 0 fully saturated rings. The van der Waals surface area contributed by atoms with Crippen LogP contribution in [0.25, 0.3) is 0 Å². The van der Waals surface area contributed by atoms with E-state index in [4.69, 9.17) is 9.84 Å². The first-order valence-electron chi connectivity index (χ1n) is 6.89. The molecule has 0 aliphatic heterocycles. The average molecular weight is 297 g/mol. The number of carbonyl (C=O) groups is 1. The standard InChI is InChI=1S/C15H23NO3S/c1-3-19-13-4-6-14(7-5-13)20-11-15(18)16-10-12(2)8-9-17/h4-7,12,17H,3,8-11H2,1-2H3,(H,16,18). The number of aliphatic hydroxyl groups excluding tert-OH is 1. The van der Waals surface area contributed by atoms with Gasteiger partial charge in [-0.1, -0.05) is 6.92 Å². The van der Waals surface area contributed by atoms with E-state index in [1.54, 1.807) is 0 Å². The lowest BCUT2D eigenvalue weighted by Crippen LogP contribution is -2.29. The lowest BCUT2D eigenvalue weighted by molar-refractivity contribution is -0.118. The lowest BCUT2D eigenvalue weighted by Gasteiger charge is -2.11. The lowest BCUT2D eigenvalue weighted by atomic mass is 10.1. The van der Waals surface area contributed by atoms with Gasteiger partial charge in [-0.3, -0.25) is 4.79 Å². The van der Waals surface area contributed by atoms with Gasteiger partial charge in [0, 0.05) is 18.0 Å². The Bertz CT molecular complexity index is 395. The summed E-state index contributed by atoms with van der Waals surface area (Å²) in [5.41, 5.74) is 0. The monoisotopic (exact) mass is 297 g/mol. The quantitative estimate of drug-likeness (QED) is 0.687. The number of hydrogen-bond acceptors (Lipinski definition) is 4. The summed E-state index contributed by atoms with van der Waals surface area (Å²) in [5, 5.41) is 11.7. The number of nitrogens with one attached hydrogen (secondary N) is 1. The Morgan fingerprint density at radius 3 is 2.70 bits per heavy atom. The Morgan fingerprint density at radius 2 is 2.10 bits per heavy atom. The maximum Gasteiger partial charge on any atom is 0.230 e. The molecule has 2 N–H and O–H groups in total. The van der Waals surface area contributed by atoms with Gasteiger partial charge in [-0.25, -0.2) is 0 Å². The molecule has 0 radical (unpaired) electrons. The summed E-state index contributed by atoms with van der Waals surface area (Å²) >= 11 is 1.50. The van der Waals surface area contributed by atoms with Gasteiger partial charge in [0.1, 0.15) is 5.75 Å². The minimum atomic E-state index is 0.0219. The molecule has 1 unspecified atom stereocenters. The number of rotatable bonds is 9. The van der Waals surface area contributed by atoms with Crippen LogP contribution in [0.1, 0.15) is 20.3 Å². The zero-order valence-corrected chi connectivity index (χ0v) is 12.9. The first kappa shape index (κ1) is 16.9. The van der Waals surface area contributed by atoms with Gasteiger partial charge in [-0.15, -0.1) is 11.8 Å². The van der Waals surface area contributed by atoms with Crippen LogP contribution < -0.4 is 10.1 Å². The van der Waals surface area contributed by atoms with Crippen LogP contribution in [0.15, 0.2) is 29.2 Å². The average Bonchev–Trinajstić information content (AvgIpc) is 2.45. The number of aliphatic hydroxyl groups is 1. The van der Waals surface area contributed by atoms with Crippen LogP contribution >= 0.6 is 11.8 Å². The predicted octanol–water partition coefficient (Wildman–Crippen LogP) is 2.31. The summed E-state index contributed by atoms with van der Waals surface area (Å²) in [6.07, 6.45) is 0.715. The Balaban J connectivity index is 2.26. The van der Waals surface area contributed by atoms with E-state index in [1.165, 1.54) is 11.8 Å². The molecule has 1 aromatic rings. The van der Waals surface area contributed by atoms with Crippen LogP contribution in [0.5, 0.6) is 5.75 Å². The normalized spacial score (nSPS) is 11.9. The van der Waals surface area contributed by atoms with Crippen LogP contribution in [0.4, 0.5) is 0 Å². The Morgan fingerprint density at radius 1 is 1.40 bits per heavy atom. The van der Waals surface area contributed by atoms with Crippen LogP contribution in [0, 0.1) is 5.92 Å². The molecule has 0 spiro atoms. The van der Waals surface area contributed by atoms with Crippen molar-refractivity contribution in [2.45, 2.75) is 25.2 Å². The molecule has 1 aromatic carbocycles. The molecule has 112 valence electrons. The first-order valence-corrected chi connectivity index (χ1v) is 7.87. The second kappa shape index (κ2) is 9.66. The van der Waals surface area contributed by atoms with Crippen molar-refractivity contribution in [1.29, 1.82) is 0 Å². The van der Waals surface area contributed by atoms with Crippen molar-refractivity contribution in [3.05, 3.63) is 24.3 Å². The molecule has 4 nitrogen and oxygen atoms in total. The number of carbonyl (C=O) groups excluding carboxylic acids is 1. The fourth-order valence-electron chi connectivity index (χ4n) is 1.61. The zero-order valence-electron chi connectivity index (χ0n) is 12.1. The molecule has 0 saturated carbocycles. The van der Waals surface area contributed by atoms with Crippen molar-refractivity contribution in [2.75, 3.05) is 25.5 Å². The molecule has 0 aliphatic carbocycles. The smallest absolute Gasteiger partial charge is 0.230 e. The zero-order chi connectivity index (χ0) is 14.8. The summed E-state index contributed by atoms with van der Waals surface area (Å²) in [6.45, 7) is 5.39. The summed E-state index contributed by atoms with van der Waals surface area (Å²) in [6, 6.07) is 7.73. The number of ether oxygens (including phenoxy) is 1. The summed E-state index contributed by atoms with van der Waals surface area (Å²) in [7, 11) is 0. The molecule has 0 aliphatic rings. The fraction of sp³-hybridized carbons (Fsp3) is 0.533.